The number of aromatic nitrogens is 3. The third-order valence-electron chi connectivity index (χ3n) is 5.44. The number of hydrogen-bond donors (Lipinski definition) is 0. The molecule has 0 amide bonds. The summed E-state index contributed by atoms with van der Waals surface area (Å²) >= 11 is 0. The van der Waals surface area contributed by atoms with E-state index in [4.69, 9.17) is 4.42 Å². The SMILES string of the molecule is Cc1cc(N(C2CC2)C2CCN(Cc3ncc(C(C)C)o3)CC2)ncn1. The molecular formula is C20H29N5O. The van der Waals surface area contributed by atoms with E-state index in [0.717, 1.165) is 55.6 Å². The first kappa shape index (κ1) is 17.5. The number of hydrogen-bond acceptors (Lipinski definition) is 6. The van der Waals surface area contributed by atoms with Crippen molar-refractivity contribution in [3.63, 3.8) is 0 Å². The lowest BCUT2D eigenvalue weighted by Gasteiger charge is -2.39. The number of oxazole rings is 1. The van der Waals surface area contributed by atoms with Gasteiger partial charge in [-0.05, 0) is 32.6 Å². The molecule has 6 nitrogen and oxygen atoms in total. The second-order valence-corrected chi connectivity index (χ2v) is 7.97. The molecule has 2 aromatic rings. The first-order valence-corrected chi connectivity index (χ1v) is 9.84. The van der Waals surface area contributed by atoms with Gasteiger partial charge in [0.25, 0.3) is 0 Å². The maximum absolute atomic E-state index is 5.87. The van der Waals surface area contributed by atoms with E-state index in [1.807, 2.05) is 13.1 Å². The summed E-state index contributed by atoms with van der Waals surface area (Å²) in [5.41, 5.74) is 1.04. The molecule has 2 aromatic heterocycles. The van der Waals surface area contributed by atoms with Crippen LogP contribution in [0.25, 0.3) is 0 Å². The van der Waals surface area contributed by atoms with E-state index in [2.05, 4.69) is 44.7 Å². The summed E-state index contributed by atoms with van der Waals surface area (Å²) in [6, 6.07) is 3.37. The molecule has 1 aliphatic heterocycles. The Labute approximate surface area is 155 Å². The summed E-state index contributed by atoms with van der Waals surface area (Å²) in [7, 11) is 0. The molecule has 0 atom stereocenters. The third kappa shape index (κ3) is 3.90. The van der Waals surface area contributed by atoms with Gasteiger partial charge in [-0.15, -0.1) is 0 Å². The van der Waals surface area contributed by atoms with Crippen molar-refractivity contribution in [2.45, 2.75) is 71.0 Å². The molecule has 1 saturated carbocycles. The first-order valence-electron chi connectivity index (χ1n) is 9.84. The second-order valence-electron chi connectivity index (χ2n) is 7.97. The highest BCUT2D eigenvalue weighted by Crippen LogP contribution is 2.35. The van der Waals surface area contributed by atoms with Crippen LogP contribution in [-0.4, -0.2) is 45.0 Å². The summed E-state index contributed by atoms with van der Waals surface area (Å²) in [6.07, 6.45) is 8.48. The van der Waals surface area contributed by atoms with Gasteiger partial charge in [0, 0.05) is 42.9 Å². The molecule has 1 aliphatic carbocycles. The highest BCUT2D eigenvalue weighted by molar-refractivity contribution is 5.43. The van der Waals surface area contributed by atoms with Gasteiger partial charge < -0.3 is 9.32 Å². The molecule has 140 valence electrons. The van der Waals surface area contributed by atoms with E-state index in [-0.39, 0.29) is 0 Å². The van der Waals surface area contributed by atoms with Crippen molar-refractivity contribution in [3.8, 4) is 0 Å². The largest absolute Gasteiger partial charge is 0.444 e. The molecular weight excluding hydrogens is 326 g/mol. The van der Waals surface area contributed by atoms with E-state index in [0.29, 0.717) is 18.0 Å². The Bertz CT molecular complexity index is 731. The lowest BCUT2D eigenvalue weighted by atomic mass is 10.0. The molecule has 1 saturated heterocycles. The standard InChI is InChI=1S/C20H29N5O/c1-14(2)18-11-21-20(26-18)12-24-8-6-17(7-9-24)25(16-4-5-16)19-10-15(3)22-13-23-19/h10-11,13-14,16-17H,4-9,12H2,1-3H3. The predicted molar refractivity (Wildman–Crippen MR) is 101 cm³/mol. The number of piperidine rings is 1. The van der Waals surface area contributed by atoms with Crippen LogP contribution >= 0.6 is 0 Å². The van der Waals surface area contributed by atoms with Crippen molar-refractivity contribution in [1.82, 2.24) is 19.9 Å². The monoisotopic (exact) mass is 355 g/mol. The third-order valence-corrected chi connectivity index (χ3v) is 5.44. The van der Waals surface area contributed by atoms with Crippen LogP contribution in [0.2, 0.25) is 0 Å². The molecule has 2 aliphatic rings. The van der Waals surface area contributed by atoms with Crippen LogP contribution in [-0.2, 0) is 6.54 Å². The van der Waals surface area contributed by atoms with Crippen LogP contribution in [0.1, 0.15) is 62.8 Å². The topological polar surface area (TPSA) is 58.3 Å². The predicted octanol–water partition coefficient (Wildman–Crippen LogP) is 3.53. The molecule has 26 heavy (non-hydrogen) atoms. The summed E-state index contributed by atoms with van der Waals surface area (Å²) in [5.74, 6) is 3.32. The van der Waals surface area contributed by atoms with Gasteiger partial charge in [-0.2, -0.15) is 0 Å². The van der Waals surface area contributed by atoms with Gasteiger partial charge in [0.2, 0.25) is 5.89 Å². The summed E-state index contributed by atoms with van der Waals surface area (Å²) < 4.78 is 5.87. The Morgan fingerprint density at radius 3 is 2.46 bits per heavy atom. The molecule has 0 aromatic carbocycles. The van der Waals surface area contributed by atoms with Gasteiger partial charge in [0.05, 0.1) is 12.7 Å². The van der Waals surface area contributed by atoms with Crippen LogP contribution in [0.5, 0.6) is 0 Å². The Kier molecular flexibility index (Phi) is 4.94. The van der Waals surface area contributed by atoms with Crippen LogP contribution in [0.3, 0.4) is 0 Å². The van der Waals surface area contributed by atoms with E-state index in [1.54, 1.807) is 6.33 Å². The van der Waals surface area contributed by atoms with Gasteiger partial charge in [-0.3, -0.25) is 4.90 Å². The number of rotatable bonds is 6. The number of likely N-dealkylation sites (tertiary alicyclic amines) is 1. The maximum atomic E-state index is 5.87. The highest BCUT2D eigenvalue weighted by Gasteiger charge is 2.36. The summed E-state index contributed by atoms with van der Waals surface area (Å²) in [4.78, 5) is 18.3. The average molecular weight is 355 g/mol. The Balaban J connectivity index is 1.37. The van der Waals surface area contributed by atoms with Crippen molar-refractivity contribution in [2.24, 2.45) is 0 Å². The van der Waals surface area contributed by atoms with E-state index < -0.39 is 0 Å². The number of anilines is 1. The van der Waals surface area contributed by atoms with Crippen molar-refractivity contribution in [2.75, 3.05) is 18.0 Å². The molecule has 4 rings (SSSR count). The smallest absolute Gasteiger partial charge is 0.208 e. The second kappa shape index (κ2) is 7.35. The molecule has 3 heterocycles. The molecule has 0 unspecified atom stereocenters. The van der Waals surface area contributed by atoms with Gasteiger partial charge in [-0.1, -0.05) is 13.8 Å². The summed E-state index contributed by atoms with van der Waals surface area (Å²) in [5, 5.41) is 0. The lowest BCUT2D eigenvalue weighted by molar-refractivity contribution is 0.182. The molecule has 2 fully saturated rings. The molecule has 0 radical (unpaired) electrons. The van der Waals surface area contributed by atoms with Crippen molar-refractivity contribution >= 4 is 5.82 Å². The fourth-order valence-corrected chi connectivity index (χ4v) is 3.82. The molecule has 0 spiro atoms. The zero-order valence-electron chi connectivity index (χ0n) is 16.1. The molecule has 0 bridgehead atoms. The average Bonchev–Trinajstić information content (AvgIpc) is 3.34. The number of aryl methyl sites for hydroxylation is 1. The fourth-order valence-electron chi connectivity index (χ4n) is 3.82. The zero-order chi connectivity index (χ0) is 18.1. The normalized spacial score (nSPS) is 19.2. The quantitative estimate of drug-likeness (QED) is 0.790. The summed E-state index contributed by atoms with van der Waals surface area (Å²) in [6.45, 7) is 9.29. The van der Waals surface area contributed by atoms with Gasteiger partial charge >= 0.3 is 0 Å². The minimum absolute atomic E-state index is 0.394. The van der Waals surface area contributed by atoms with E-state index in [9.17, 15) is 0 Å². The zero-order valence-corrected chi connectivity index (χ0v) is 16.1. The Morgan fingerprint density at radius 1 is 1.12 bits per heavy atom. The fraction of sp³-hybridized carbons (Fsp3) is 0.650. The van der Waals surface area contributed by atoms with Gasteiger partial charge in [-0.25, -0.2) is 15.0 Å². The Morgan fingerprint density at radius 2 is 1.85 bits per heavy atom. The van der Waals surface area contributed by atoms with Crippen molar-refractivity contribution < 1.29 is 4.42 Å². The minimum Gasteiger partial charge on any atom is -0.444 e. The van der Waals surface area contributed by atoms with Crippen molar-refractivity contribution in [1.29, 1.82) is 0 Å². The van der Waals surface area contributed by atoms with Crippen molar-refractivity contribution in [3.05, 3.63) is 35.9 Å². The molecule has 0 N–H and O–H groups in total. The first-order chi connectivity index (χ1) is 12.6. The Hall–Kier alpha value is -1.95. The van der Waals surface area contributed by atoms with Crippen LogP contribution in [0.15, 0.2) is 23.0 Å². The van der Waals surface area contributed by atoms with Gasteiger partial charge in [0.1, 0.15) is 17.9 Å². The maximum Gasteiger partial charge on any atom is 0.208 e. The van der Waals surface area contributed by atoms with Gasteiger partial charge in [0.15, 0.2) is 0 Å². The highest BCUT2D eigenvalue weighted by atomic mass is 16.4. The van der Waals surface area contributed by atoms with Crippen LogP contribution < -0.4 is 4.90 Å². The van der Waals surface area contributed by atoms with Crippen LogP contribution in [0, 0.1) is 6.92 Å². The van der Waals surface area contributed by atoms with Crippen LogP contribution in [0.4, 0.5) is 5.82 Å². The van der Waals surface area contributed by atoms with E-state index >= 15 is 0 Å². The van der Waals surface area contributed by atoms with E-state index in [1.165, 1.54) is 12.8 Å². The lowest BCUT2D eigenvalue weighted by Crippen LogP contribution is -2.46. The number of nitrogens with zero attached hydrogens (tertiary/aromatic N) is 5. The minimum atomic E-state index is 0.394. The molecule has 6 heteroatoms.